The summed E-state index contributed by atoms with van der Waals surface area (Å²) in [5, 5.41) is 10.8. The summed E-state index contributed by atoms with van der Waals surface area (Å²) in [5.41, 5.74) is 1.12. The molecular weight excluding hydrogens is 172 g/mol. The zero-order chi connectivity index (χ0) is 9.26. The molecule has 1 aliphatic heterocycles. The molecule has 0 unspecified atom stereocenters. The molecule has 0 atom stereocenters. The fourth-order valence-corrected chi connectivity index (χ4v) is 1.33. The van der Waals surface area contributed by atoms with Crippen LogP contribution in [0.2, 0.25) is 0 Å². The van der Waals surface area contributed by atoms with E-state index >= 15 is 0 Å². The second-order valence-corrected chi connectivity index (χ2v) is 2.78. The summed E-state index contributed by atoms with van der Waals surface area (Å²) in [4.78, 5) is 11.2. The average molecular weight is 182 g/mol. The van der Waals surface area contributed by atoms with Crippen molar-refractivity contribution in [3.8, 4) is 0 Å². The molecule has 0 bridgehead atoms. The molecule has 1 aliphatic rings. The molecule has 2 heterocycles. The number of aromatic nitrogens is 3. The van der Waals surface area contributed by atoms with Gasteiger partial charge in [0, 0.05) is 13.1 Å². The summed E-state index contributed by atoms with van der Waals surface area (Å²) in [6, 6.07) is 0. The fourth-order valence-electron chi connectivity index (χ4n) is 1.33. The van der Waals surface area contributed by atoms with E-state index in [2.05, 4.69) is 20.4 Å². The Morgan fingerprint density at radius 1 is 1.69 bits per heavy atom. The monoisotopic (exact) mass is 182 g/mol. The average Bonchev–Trinajstić information content (AvgIpc) is 2.60. The Morgan fingerprint density at radius 3 is 3.31 bits per heavy atom. The molecule has 1 aromatic rings. The molecule has 0 fully saturated rings. The molecule has 0 saturated heterocycles. The van der Waals surface area contributed by atoms with E-state index in [4.69, 9.17) is 0 Å². The summed E-state index contributed by atoms with van der Waals surface area (Å²) < 4.78 is 6.30. The number of rotatable bonds is 1. The van der Waals surface area contributed by atoms with Crippen molar-refractivity contribution < 1.29 is 9.53 Å². The first-order valence-corrected chi connectivity index (χ1v) is 4.04. The van der Waals surface area contributed by atoms with Gasteiger partial charge in [-0.3, -0.25) is 0 Å². The third-order valence-corrected chi connectivity index (χ3v) is 2.01. The summed E-state index contributed by atoms with van der Waals surface area (Å²) in [6.45, 7) is 2.23. The third-order valence-electron chi connectivity index (χ3n) is 2.01. The van der Waals surface area contributed by atoms with Crippen molar-refractivity contribution in [3.05, 3.63) is 11.4 Å². The van der Waals surface area contributed by atoms with Crippen LogP contribution >= 0.6 is 0 Å². The van der Waals surface area contributed by atoms with Crippen LogP contribution in [0.3, 0.4) is 0 Å². The molecule has 70 valence electrons. The van der Waals surface area contributed by atoms with Crippen LogP contribution in [0, 0.1) is 0 Å². The molecule has 1 N–H and O–H groups in total. The molecule has 6 heteroatoms. The van der Waals surface area contributed by atoms with E-state index in [-0.39, 0.29) is 0 Å². The number of esters is 1. The van der Waals surface area contributed by atoms with Gasteiger partial charge in [0.2, 0.25) is 0 Å². The maximum absolute atomic E-state index is 11.2. The summed E-state index contributed by atoms with van der Waals surface area (Å²) >= 11 is 0. The molecule has 0 aliphatic carbocycles. The molecule has 0 amide bonds. The van der Waals surface area contributed by atoms with Gasteiger partial charge >= 0.3 is 5.97 Å². The van der Waals surface area contributed by atoms with E-state index in [1.54, 1.807) is 4.68 Å². The number of hydrogen-bond acceptors (Lipinski definition) is 5. The van der Waals surface area contributed by atoms with Gasteiger partial charge in [0.15, 0.2) is 5.69 Å². The lowest BCUT2D eigenvalue weighted by Crippen LogP contribution is -2.29. The van der Waals surface area contributed by atoms with Gasteiger partial charge in [0.05, 0.1) is 19.3 Å². The van der Waals surface area contributed by atoms with Crippen LogP contribution in [0.15, 0.2) is 0 Å². The van der Waals surface area contributed by atoms with Crippen LogP contribution < -0.4 is 5.32 Å². The van der Waals surface area contributed by atoms with Crippen LogP contribution in [-0.4, -0.2) is 34.6 Å². The van der Waals surface area contributed by atoms with E-state index in [0.717, 1.165) is 18.8 Å². The number of carbonyl (C=O) groups is 1. The van der Waals surface area contributed by atoms with Gasteiger partial charge in [0.25, 0.3) is 0 Å². The third kappa shape index (κ3) is 1.29. The van der Waals surface area contributed by atoms with Crippen molar-refractivity contribution in [2.45, 2.75) is 13.1 Å². The lowest BCUT2D eigenvalue weighted by Gasteiger charge is -2.13. The van der Waals surface area contributed by atoms with Gasteiger partial charge in [-0.15, -0.1) is 5.10 Å². The van der Waals surface area contributed by atoms with Crippen molar-refractivity contribution in [1.29, 1.82) is 0 Å². The summed E-state index contributed by atoms with van der Waals surface area (Å²) in [7, 11) is 1.34. The van der Waals surface area contributed by atoms with Crippen LogP contribution in [0.4, 0.5) is 0 Å². The van der Waals surface area contributed by atoms with Crippen molar-refractivity contribution in [3.63, 3.8) is 0 Å². The smallest absolute Gasteiger partial charge is 0.360 e. The lowest BCUT2D eigenvalue weighted by molar-refractivity contribution is 0.0592. The Balaban J connectivity index is 2.36. The van der Waals surface area contributed by atoms with E-state index in [1.807, 2.05) is 0 Å². The number of nitrogens with zero attached hydrogens (tertiary/aromatic N) is 3. The zero-order valence-corrected chi connectivity index (χ0v) is 7.28. The predicted octanol–water partition coefficient (Wildman–Crippen LogP) is -0.832. The minimum atomic E-state index is -0.426. The SMILES string of the molecule is COC(=O)c1nnn2c1CNCC2. The first-order valence-electron chi connectivity index (χ1n) is 4.04. The highest BCUT2D eigenvalue weighted by atomic mass is 16.5. The van der Waals surface area contributed by atoms with Crippen LogP contribution in [0.5, 0.6) is 0 Å². The normalized spacial score (nSPS) is 15.2. The molecule has 2 rings (SSSR count). The molecule has 0 spiro atoms. The van der Waals surface area contributed by atoms with Gasteiger partial charge in [-0.1, -0.05) is 5.21 Å². The standard InChI is InChI=1S/C7H10N4O2/c1-13-7(12)6-5-4-8-2-3-11(5)10-9-6/h8H,2-4H2,1H3. The first-order chi connectivity index (χ1) is 6.33. The number of nitrogens with one attached hydrogen (secondary N) is 1. The van der Waals surface area contributed by atoms with Crippen LogP contribution in [0.1, 0.15) is 16.2 Å². The van der Waals surface area contributed by atoms with E-state index < -0.39 is 5.97 Å². The highest BCUT2D eigenvalue weighted by molar-refractivity contribution is 5.88. The Hall–Kier alpha value is -1.43. The summed E-state index contributed by atoms with van der Waals surface area (Å²) in [5.74, 6) is -0.426. The molecular formula is C7H10N4O2. The fraction of sp³-hybridized carbons (Fsp3) is 0.571. The van der Waals surface area contributed by atoms with E-state index in [1.165, 1.54) is 7.11 Å². The molecule has 0 saturated carbocycles. The second-order valence-electron chi connectivity index (χ2n) is 2.78. The summed E-state index contributed by atoms with van der Waals surface area (Å²) in [6.07, 6.45) is 0. The Kier molecular flexibility index (Phi) is 1.97. The van der Waals surface area contributed by atoms with Gasteiger partial charge in [-0.05, 0) is 0 Å². The number of methoxy groups -OCH3 is 1. The van der Waals surface area contributed by atoms with E-state index in [0.29, 0.717) is 12.2 Å². The maximum atomic E-state index is 11.2. The zero-order valence-electron chi connectivity index (χ0n) is 7.28. The number of fused-ring (bicyclic) bond motifs is 1. The quantitative estimate of drug-likeness (QED) is 0.574. The Bertz CT molecular complexity index is 333. The topological polar surface area (TPSA) is 69.0 Å². The van der Waals surface area contributed by atoms with Crippen molar-refractivity contribution in [2.24, 2.45) is 0 Å². The number of hydrogen-bond donors (Lipinski definition) is 1. The van der Waals surface area contributed by atoms with Gasteiger partial charge < -0.3 is 10.1 Å². The molecule has 1 aromatic heterocycles. The predicted molar refractivity (Wildman–Crippen MR) is 43.1 cm³/mol. The van der Waals surface area contributed by atoms with Gasteiger partial charge in [-0.25, -0.2) is 9.48 Å². The number of carbonyl (C=O) groups excluding carboxylic acids is 1. The molecule has 6 nitrogen and oxygen atoms in total. The van der Waals surface area contributed by atoms with E-state index in [9.17, 15) is 4.79 Å². The minimum absolute atomic E-state index is 0.315. The Labute approximate surface area is 74.9 Å². The molecule has 0 aromatic carbocycles. The minimum Gasteiger partial charge on any atom is -0.464 e. The van der Waals surface area contributed by atoms with Crippen molar-refractivity contribution in [1.82, 2.24) is 20.3 Å². The van der Waals surface area contributed by atoms with Gasteiger partial charge in [0.1, 0.15) is 0 Å². The largest absolute Gasteiger partial charge is 0.464 e. The van der Waals surface area contributed by atoms with Crippen LogP contribution in [-0.2, 0) is 17.8 Å². The lowest BCUT2D eigenvalue weighted by atomic mass is 10.3. The maximum Gasteiger partial charge on any atom is 0.360 e. The number of ether oxygens (including phenoxy) is 1. The second kappa shape index (κ2) is 3.14. The molecule has 13 heavy (non-hydrogen) atoms. The highest BCUT2D eigenvalue weighted by Gasteiger charge is 2.21. The first kappa shape index (κ1) is 8.18. The highest BCUT2D eigenvalue weighted by Crippen LogP contribution is 2.08. The van der Waals surface area contributed by atoms with Crippen LogP contribution in [0.25, 0.3) is 0 Å². The Morgan fingerprint density at radius 2 is 2.54 bits per heavy atom. The van der Waals surface area contributed by atoms with Gasteiger partial charge in [-0.2, -0.15) is 0 Å². The van der Waals surface area contributed by atoms with Crippen molar-refractivity contribution >= 4 is 5.97 Å². The molecule has 0 radical (unpaired) electrons. The van der Waals surface area contributed by atoms with Crippen molar-refractivity contribution in [2.75, 3.05) is 13.7 Å².